The number of carbonyl (C=O) groups is 1. The summed E-state index contributed by atoms with van der Waals surface area (Å²) in [7, 11) is 0. The molecular weight excluding hydrogens is 321 g/mol. The van der Waals surface area contributed by atoms with E-state index in [9.17, 15) is 9.18 Å². The fraction of sp³-hybridized carbons (Fsp3) is 0.0526. The van der Waals surface area contributed by atoms with Crippen molar-refractivity contribution in [2.24, 2.45) is 0 Å². The van der Waals surface area contributed by atoms with Gasteiger partial charge in [0.05, 0.1) is 23.0 Å². The molecule has 0 aliphatic carbocycles. The number of rotatable bonds is 4. The van der Waals surface area contributed by atoms with Gasteiger partial charge in [0, 0.05) is 0 Å². The smallest absolute Gasteiger partial charge is 0.244 e. The van der Waals surface area contributed by atoms with E-state index >= 15 is 0 Å². The quantitative estimate of drug-likeness (QED) is 0.611. The Morgan fingerprint density at radius 2 is 1.88 bits per heavy atom. The minimum Gasteiger partial charge on any atom is -0.461 e. The van der Waals surface area contributed by atoms with Gasteiger partial charge in [0.25, 0.3) is 0 Å². The molecule has 0 unspecified atom stereocenters. The maximum Gasteiger partial charge on any atom is 0.244 e. The van der Waals surface area contributed by atoms with Crippen molar-refractivity contribution in [3.05, 3.63) is 72.7 Å². The molecule has 4 aromatic rings. The molecule has 2 aromatic carbocycles. The minimum absolute atomic E-state index is 0.00905. The van der Waals surface area contributed by atoms with Crippen LogP contribution < -0.4 is 5.32 Å². The first-order valence-electron chi connectivity index (χ1n) is 7.76. The zero-order valence-corrected chi connectivity index (χ0v) is 13.1. The van der Waals surface area contributed by atoms with Crippen LogP contribution in [0.15, 0.2) is 71.3 Å². The lowest BCUT2D eigenvalue weighted by Crippen LogP contribution is -2.19. The molecule has 0 aliphatic rings. The molecular formula is C19H14FN3O2. The van der Waals surface area contributed by atoms with Crippen LogP contribution >= 0.6 is 0 Å². The third-order valence-corrected chi connectivity index (χ3v) is 3.85. The zero-order chi connectivity index (χ0) is 17.2. The molecule has 0 atom stereocenters. The number of furan rings is 1. The molecule has 0 bridgehead atoms. The van der Waals surface area contributed by atoms with Gasteiger partial charge >= 0.3 is 0 Å². The highest BCUT2D eigenvalue weighted by atomic mass is 19.1. The summed E-state index contributed by atoms with van der Waals surface area (Å²) in [5.41, 5.74) is 1.71. The van der Waals surface area contributed by atoms with Gasteiger partial charge in [-0.25, -0.2) is 9.37 Å². The zero-order valence-electron chi connectivity index (χ0n) is 13.1. The average Bonchev–Trinajstić information content (AvgIpc) is 3.25. The van der Waals surface area contributed by atoms with E-state index in [2.05, 4.69) is 10.3 Å². The maximum absolute atomic E-state index is 13.7. The predicted octanol–water partition coefficient (Wildman–Crippen LogP) is 4.07. The highest BCUT2D eigenvalue weighted by Gasteiger charge is 2.17. The second-order valence-corrected chi connectivity index (χ2v) is 5.52. The molecule has 2 heterocycles. The number of hydrogen-bond donors (Lipinski definition) is 1. The van der Waals surface area contributed by atoms with Crippen LogP contribution in [0, 0.1) is 5.82 Å². The molecule has 0 fully saturated rings. The summed E-state index contributed by atoms with van der Waals surface area (Å²) in [4.78, 5) is 17.0. The van der Waals surface area contributed by atoms with Crippen LogP contribution in [0.2, 0.25) is 0 Å². The topological polar surface area (TPSA) is 60.1 Å². The van der Waals surface area contributed by atoms with E-state index in [-0.39, 0.29) is 18.1 Å². The molecule has 0 saturated carbocycles. The van der Waals surface area contributed by atoms with Crippen LogP contribution in [0.25, 0.3) is 22.6 Å². The molecule has 2 aromatic heterocycles. The number of imidazole rings is 1. The Morgan fingerprint density at radius 1 is 1.08 bits per heavy atom. The summed E-state index contributed by atoms with van der Waals surface area (Å²) < 4.78 is 20.9. The molecule has 1 N–H and O–H groups in total. The highest BCUT2D eigenvalue weighted by Crippen LogP contribution is 2.25. The first-order valence-corrected chi connectivity index (χ1v) is 7.76. The van der Waals surface area contributed by atoms with Gasteiger partial charge in [-0.2, -0.15) is 0 Å². The molecule has 0 spiro atoms. The monoisotopic (exact) mass is 335 g/mol. The second-order valence-electron chi connectivity index (χ2n) is 5.52. The number of halogens is 1. The molecule has 6 heteroatoms. The van der Waals surface area contributed by atoms with Crippen LogP contribution in [0.4, 0.5) is 10.1 Å². The number of aromatic nitrogens is 2. The maximum atomic E-state index is 13.7. The number of benzene rings is 2. The van der Waals surface area contributed by atoms with E-state index in [1.54, 1.807) is 35.1 Å². The Morgan fingerprint density at radius 3 is 2.68 bits per heavy atom. The van der Waals surface area contributed by atoms with Crippen molar-refractivity contribution in [3.63, 3.8) is 0 Å². The van der Waals surface area contributed by atoms with Crippen molar-refractivity contribution in [1.82, 2.24) is 9.55 Å². The number of para-hydroxylation sites is 3. The first-order chi connectivity index (χ1) is 12.2. The molecule has 124 valence electrons. The number of amides is 1. The van der Waals surface area contributed by atoms with Crippen LogP contribution in [-0.4, -0.2) is 15.5 Å². The van der Waals surface area contributed by atoms with E-state index in [4.69, 9.17) is 4.42 Å². The van der Waals surface area contributed by atoms with E-state index in [1.165, 1.54) is 12.1 Å². The number of nitrogens with zero attached hydrogens (tertiary/aromatic N) is 2. The Kier molecular flexibility index (Phi) is 3.78. The second kappa shape index (κ2) is 6.24. The lowest BCUT2D eigenvalue weighted by Gasteiger charge is -2.09. The van der Waals surface area contributed by atoms with Crippen LogP contribution in [0.5, 0.6) is 0 Å². The fourth-order valence-electron chi connectivity index (χ4n) is 2.73. The number of hydrogen-bond acceptors (Lipinski definition) is 3. The summed E-state index contributed by atoms with van der Waals surface area (Å²) in [6, 6.07) is 17.1. The summed E-state index contributed by atoms with van der Waals surface area (Å²) in [6.45, 7) is -0.00905. The van der Waals surface area contributed by atoms with Gasteiger partial charge in [-0.05, 0) is 36.4 Å². The standard InChI is InChI=1S/C19H14FN3O2/c20-13-6-1-2-7-14(13)21-18(24)12-23-16-9-4-3-8-15(16)22-19(23)17-10-5-11-25-17/h1-11H,12H2,(H,21,24). The van der Waals surface area contributed by atoms with Gasteiger partial charge in [0.15, 0.2) is 11.6 Å². The van der Waals surface area contributed by atoms with E-state index in [0.29, 0.717) is 11.6 Å². The predicted molar refractivity (Wildman–Crippen MR) is 92.5 cm³/mol. The molecule has 0 saturated heterocycles. The molecule has 0 radical (unpaired) electrons. The molecule has 1 amide bonds. The Balaban J connectivity index is 1.70. The minimum atomic E-state index is -0.474. The number of nitrogens with one attached hydrogen (secondary N) is 1. The summed E-state index contributed by atoms with van der Waals surface area (Å²) in [5.74, 6) is 0.295. The highest BCUT2D eigenvalue weighted by molar-refractivity contribution is 5.92. The summed E-state index contributed by atoms with van der Waals surface area (Å²) in [6.07, 6.45) is 1.55. The number of anilines is 1. The van der Waals surface area contributed by atoms with Gasteiger partial charge in [0.1, 0.15) is 12.4 Å². The Bertz CT molecular complexity index is 1040. The molecule has 25 heavy (non-hydrogen) atoms. The number of carbonyl (C=O) groups excluding carboxylic acids is 1. The van der Waals surface area contributed by atoms with E-state index in [0.717, 1.165) is 11.0 Å². The van der Waals surface area contributed by atoms with Crippen LogP contribution in [-0.2, 0) is 11.3 Å². The number of fused-ring (bicyclic) bond motifs is 1. The van der Waals surface area contributed by atoms with Crippen LogP contribution in [0.1, 0.15) is 0 Å². The average molecular weight is 335 g/mol. The van der Waals surface area contributed by atoms with Crippen molar-refractivity contribution < 1.29 is 13.6 Å². The van der Waals surface area contributed by atoms with Gasteiger partial charge in [0.2, 0.25) is 5.91 Å². The van der Waals surface area contributed by atoms with Crippen LogP contribution in [0.3, 0.4) is 0 Å². The SMILES string of the molecule is O=C(Cn1c(-c2ccco2)nc2ccccc21)Nc1ccccc1F. The van der Waals surface area contributed by atoms with Crippen molar-refractivity contribution >= 4 is 22.6 Å². The lowest BCUT2D eigenvalue weighted by atomic mass is 10.3. The molecule has 0 aliphatic heterocycles. The van der Waals surface area contributed by atoms with Crippen molar-refractivity contribution in [2.45, 2.75) is 6.54 Å². The molecule has 5 nitrogen and oxygen atoms in total. The van der Waals surface area contributed by atoms with E-state index < -0.39 is 5.82 Å². The van der Waals surface area contributed by atoms with Gasteiger partial charge in [-0.15, -0.1) is 0 Å². The van der Waals surface area contributed by atoms with E-state index in [1.807, 2.05) is 24.3 Å². The first kappa shape index (κ1) is 15.1. The van der Waals surface area contributed by atoms with Crippen molar-refractivity contribution in [1.29, 1.82) is 0 Å². The summed E-state index contributed by atoms with van der Waals surface area (Å²) >= 11 is 0. The fourth-order valence-corrected chi connectivity index (χ4v) is 2.73. The van der Waals surface area contributed by atoms with Gasteiger partial charge < -0.3 is 14.3 Å². The third-order valence-electron chi connectivity index (χ3n) is 3.85. The Hall–Kier alpha value is -3.41. The van der Waals surface area contributed by atoms with Crippen molar-refractivity contribution in [2.75, 3.05) is 5.32 Å². The third kappa shape index (κ3) is 2.89. The normalized spacial score (nSPS) is 10.9. The Labute approximate surface area is 142 Å². The largest absolute Gasteiger partial charge is 0.461 e. The van der Waals surface area contributed by atoms with Gasteiger partial charge in [-0.3, -0.25) is 4.79 Å². The lowest BCUT2D eigenvalue weighted by molar-refractivity contribution is -0.116. The van der Waals surface area contributed by atoms with Crippen molar-refractivity contribution in [3.8, 4) is 11.6 Å². The summed E-state index contributed by atoms with van der Waals surface area (Å²) in [5, 5.41) is 2.59. The molecule has 4 rings (SSSR count). The van der Waals surface area contributed by atoms with Gasteiger partial charge in [-0.1, -0.05) is 24.3 Å².